The number of aromatic amines is 1. The Balaban J connectivity index is 1.71. The summed E-state index contributed by atoms with van der Waals surface area (Å²) in [6.45, 7) is 3.31. The zero-order valence-corrected chi connectivity index (χ0v) is 14.8. The van der Waals surface area contributed by atoms with Crippen LogP contribution in [0.1, 0.15) is 12.7 Å². The van der Waals surface area contributed by atoms with Crippen molar-refractivity contribution in [3.8, 4) is 11.3 Å². The number of fused-ring (bicyclic) bond motifs is 1. The van der Waals surface area contributed by atoms with Crippen LogP contribution in [0.5, 0.6) is 0 Å². The van der Waals surface area contributed by atoms with E-state index in [4.69, 9.17) is 0 Å². The highest BCUT2D eigenvalue weighted by Crippen LogP contribution is 2.31. The van der Waals surface area contributed by atoms with E-state index in [0.717, 1.165) is 28.1 Å². The number of nitrogens with zero attached hydrogens (tertiary/aromatic N) is 4. The number of aryl methyl sites for hydroxylation is 1. The molecule has 1 aromatic carbocycles. The van der Waals surface area contributed by atoms with Crippen molar-refractivity contribution >= 4 is 34.3 Å². The Hall–Kier alpha value is -3.81. The van der Waals surface area contributed by atoms with Crippen LogP contribution in [-0.2, 0) is 4.79 Å². The van der Waals surface area contributed by atoms with E-state index < -0.39 is 0 Å². The van der Waals surface area contributed by atoms with Crippen LogP contribution in [0.2, 0.25) is 0 Å². The lowest BCUT2D eigenvalue weighted by Gasteiger charge is -2.12. The first-order valence-corrected chi connectivity index (χ1v) is 8.38. The molecule has 27 heavy (non-hydrogen) atoms. The molecule has 0 aliphatic rings. The second-order valence-corrected chi connectivity index (χ2v) is 6.00. The van der Waals surface area contributed by atoms with E-state index >= 15 is 0 Å². The molecule has 0 saturated heterocycles. The maximum atomic E-state index is 11.1. The predicted molar refractivity (Wildman–Crippen MR) is 104 cm³/mol. The van der Waals surface area contributed by atoms with E-state index in [9.17, 15) is 4.79 Å². The predicted octanol–water partition coefficient (Wildman–Crippen LogP) is 3.43. The van der Waals surface area contributed by atoms with Crippen LogP contribution >= 0.6 is 0 Å². The Morgan fingerprint density at radius 2 is 1.81 bits per heavy atom. The fraction of sp³-hybridized carbons (Fsp3) is 0.105. The standard InChI is InChI=1S/C19H17N7O/c1-11-23-16(17-19(24-11)22-10-21-17)15-4-3-9-20-18(15)26-14-7-5-13(6-8-14)25-12(2)27/h3-10H,1-2H3,(H,20,26)(H,25,27)(H,21,22,23,24). The maximum Gasteiger partial charge on any atom is 0.221 e. The average molecular weight is 359 g/mol. The van der Waals surface area contributed by atoms with E-state index in [1.54, 1.807) is 12.5 Å². The monoisotopic (exact) mass is 359 g/mol. The summed E-state index contributed by atoms with van der Waals surface area (Å²) in [5.74, 6) is 1.20. The van der Waals surface area contributed by atoms with Crippen LogP contribution in [0.15, 0.2) is 48.9 Å². The Bertz CT molecular complexity index is 1120. The average Bonchev–Trinajstić information content (AvgIpc) is 3.11. The molecule has 0 bridgehead atoms. The van der Waals surface area contributed by atoms with Gasteiger partial charge in [0.15, 0.2) is 5.65 Å². The first-order valence-electron chi connectivity index (χ1n) is 8.38. The summed E-state index contributed by atoms with van der Waals surface area (Å²) < 4.78 is 0. The van der Waals surface area contributed by atoms with Crippen molar-refractivity contribution in [1.82, 2.24) is 24.9 Å². The van der Waals surface area contributed by atoms with Gasteiger partial charge in [-0.3, -0.25) is 4.79 Å². The number of hydrogen-bond acceptors (Lipinski definition) is 6. The third-order valence-electron chi connectivity index (χ3n) is 3.93. The third kappa shape index (κ3) is 3.45. The molecule has 8 heteroatoms. The molecule has 134 valence electrons. The first-order chi connectivity index (χ1) is 13.1. The van der Waals surface area contributed by atoms with Crippen molar-refractivity contribution in [3.63, 3.8) is 0 Å². The van der Waals surface area contributed by atoms with Gasteiger partial charge in [-0.1, -0.05) is 0 Å². The molecule has 1 amide bonds. The Morgan fingerprint density at radius 3 is 2.59 bits per heavy atom. The summed E-state index contributed by atoms with van der Waals surface area (Å²) in [5.41, 5.74) is 4.53. The number of rotatable bonds is 4. The molecule has 0 radical (unpaired) electrons. The van der Waals surface area contributed by atoms with Gasteiger partial charge in [-0.25, -0.2) is 19.9 Å². The Kier molecular flexibility index (Phi) is 4.21. The second-order valence-electron chi connectivity index (χ2n) is 6.00. The number of carbonyl (C=O) groups is 1. The minimum absolute atomic E-state index is 0.106. The van der Waals surface area contributed by atoms with E-state index in [2.05, 4.69) is 35.6 Å². The highest BCUT2D eigenvalue weighted by Gasteiger charge is 2.14. The molecule has 3 N–H and O–H groups in total. The molecule has 3 aromatic heterocycles. The van der Waals surface area contributed by atoms with Crippen molar-refractivity contribution < 1.29 is 4.79 Å². The van der Waals surface area contributed by atoms with Gasteiger partial charge in [0, 0.05) is 30.1 Å². The van der Waals surface area contributed by atoms with E-state index in [0.29, 0.717) is 17.3 Å². The quantitative estimate of drug-likeness (QED) is 0.515. The number of H-pyrrole nitrogens is 1. The molecule has 3 heterocycles. The SMILES string of the molecule is CC(=O)Nc1ccc(Nc2ncccc2-c2nc(C)nc3nc[nH]c23)cc1. The summed E-state index contributed by atoms with van der Waals surface area (Å²) in [4.78, 5) is 31.9. The number of imidazole rings is 1. The van der Waals surface area contributed by atoms with Gasteiger partial charge in [0.05, 0.1) is 6.33 Å². The minimum atomic E-state index is -0.106. The number of aromatic nitrogens is 5. The molecule has 0 spiro atoms. The molecule has 0 aliphatic heterocycles. The van der Waals surface area contributed by atoms with Crippen molar-refractivity contribution in [3.05, 3.63) is 54.7 Å². The number of anilines is 3. The van der Waals surface area contributed by atoms with Crippen LogP contribution in [0.25, 0.3) is 22.4 Å². The number of benzene rings is 1. The van der Waals surface area contributed by atoms with Crippen LogP contribution in [0.3, 0.4) is 0 Å². The molecule has 4 rings (SSSR count). The molecular formula is C19H17N7O. The van der Waals surface area contributed by atoms with Gasteiger partial charge >= 0.3 is 0 Å². The number of amides is 1. The van der Waals surface area contributed by atoms with Gasteiger partial charge in [-0.15, -0.1) is 0 Å². The van der Waals surface area contributed by atoms with Crippen LogP contribution in [-0.4, -0.2) is 30.8 Å². The normalized spacial score (nSPS) is 10.7. The Morgan fingerprint density at radius 1 is 1.04 bits per heavy atom. The molecular weight excluding hydrogens is 342 g/mol. The smallest absolute Gasteiger partial charge is 0.221 e. The highest BCUT2D eigenvalue weighted by molar-refractivity contribution is 5.92. The van der Waals surface area contributed by atoms with Crippen LogP contribution in [0.4, 0.5) is 17.2 Å². The molecule has 0 fully saturated rings. The minimum Gasteiger partial charge on any atom is -0.341 e. The van der Waals surface area contributed by atoms with Gasteiger partial charge in [0.25, 0.3) is 0 Å². The zero-order chi connectivity index (χ0) is 18.8. The number of hydrogen-bond donors (Lipinski definition) is 3. The second kappa shape index (κ2) is 6.83. The molecule has 0 saturated carbocycles. The van der Waals surface area contributed by atoms with Crippen molar-refractivity contribution in [2.45, 2.75) is 13.8 Å². The van der Waals surface area contributed by atoms with Gasteiger partial charge in [0.2, 0.25) is 5.91 Å². The molecule has 0 atom stereocenters. The molecule has 4 aromatic rings. The molecule has 0 aliphatic carbocycles. The van der Waals surface area contributed by atoms with E-state index in [1.165, 1.54) is 6.92 Å². The van der Waals surface area contributed by atoms with E-state index in [1.807, 2.05) is 43.3 Å². The van der Waals surface area contributed by atoms with Gasteiger partial charge in [-0.05, 0) is 43.3 Å². The van der Waals surface area contributed by atoms with E-state index in [-0.39, 0.29) is 5.91 Å². The highest BCUT2D eigenvalue weighted by atomic mass is 16.1. The van der Waals surface area contributed by atoms with Gasteiger partial charge < -0.3 is 15.6 Å². The summed E-state index contributed by atoms with van der Waals surface area (Å²) in [6, 6.07) is 11.2. The van der Waals surface area contributed by atoms with Gasteiger partial charge in [0.1, 0.15) is 22.9 Å². The summed E-state index contributed by atoms with van der Waals surface area (Å²) in [5, 5.41) is 6.06. The summed E-state index contributed by atoms with van der Waals surface area (Å²) in [6.07, 6.45) is 3.32. The van der Waals surface area contributed by atoms with Crippen LogP contribution in [0, 0.1) is 6.92 Å². The van der Waals surface area contributed by atoms with Crippen molar-refractivity contribution in [1.29, 1.82) is 0 Å². The lowest BCUT2D eigenvalue weighted by Crippen LogP contribution is -2.05. The Labute approximate surface area is 155 Å². The maximum absolute atomic E-state index is 11.1. The fourth-order valence-corrected chi connectivity index (χ4v) is 2.81. The number of carbonyl (C=O) groups excluding carboxylic acids is 1. The largest absolute Gasteiger partial charge is 0.341 e. The van der Waals surface area contributed by atoms with Crippen molar-refractivity contribution in [2.24, 2.45) is 0 Å². The summed E-state index contributed by atoms with van der Waals surface area (Å²) >= 11 is 0. The summed E-state index contributed by atoms with van der Waals surface area (Å²) in [7, 11) is 0. The zero-order valence-electron chi connectivity index (χ0n) is 14.8. The lowest BCUT2D eigenvalue weighted by molar-refractivity contribution is -0.114. The van der Waals surface area contributed by atoms with Crippen molar-refractivity contribution in [2.75, 3.05) is 10.6 Å². The van der Waals surface area contributed by atoms with Crippen LogP contribution < -0.4 is 10.6 Å². The van der Waals surface area contributed by atoms with Gasteiger partial charge in [-0.2, -0.15) is 0 Å². The molecule has 8 nitrogen and oxygen atoms in total. The third-order valence-corrected chi connectivity index (χ3v) is 3.93. The number of nitrogens with one attached hydrogen (secondary N) is 3. The topological polar surface area (TPSA) is 108 Å². The fourth-order valence-electron chi connectivity index (χ4n) is 2.81. The number of pyridine rings is 1. The lowest BCUT2D eigenvalue weighted by atomic mass is 10.1. The molecule has 0 unspecified atom stereocenters. The first kappa shape index (κ1) is 16.6.